The molecular formula is FeNbOPbW. The third-order valence-corrected chi connectivity index (χ3v) is 0. The predicted octanol–water partition coefficient (Wildman–Crippen LogP) is -0.507. The van der Waals surface area contributed by atoms with E-state index in [-0.39, 0.29) is 66.7 Å². The van der Waals surface area contributed by atoms with Crippen molar-refractivity contribution in [2.24, 2.45) is 0 Å². The van der Waals surface area contributed by atoms with Gasteiger partial charge in [-0.05, 0) is 0 Å². The Morgan fingerprint density at radius 1 is 1.20 bits per heavy atom. The maximum atomic E-state index is 8.33. The van der Waals surface area contributed by atoms with E-state index in [2.05, 4.69) is 0 Å². The van der Waals surface area contributed by atoms with Crippen LogP contribution in [0.25, 0.3) is 0 Å². The molecule has 5 heavy (non-hydrogen) atoms. The minimum Gasteiger partial charge on any atom is 0 e. The molecule has 1 nitrogen and oxygen atoms in total. The summed E-state index contributed by atoms with van der Waals surface area (Å²) in [6.45, 7) is 0. The first-order valence-electron chi connectivity index (χ1n) is 0.167. The molecule has 5 radical (unpaired) electrons. The second-order valence-electron chi connectivity index (χ2n) is 0. The molecule has 0 atom stereocenters. The van der Waals surface area contributed by atoms with Gasteiger partial charge in [-0.25, -0.2) is 0 Å². The molecule has 0 heterocycles. The Labute approximate surface area is 88.4 Å². The van der Waals surface area contributed by atoms with Crippen LogP contribution in [0.1, 0.15) is 0 Å². The first-order chi connectivity index (χ1) is 1.00. The first kappa shape index (κ1) is 25.3. The Kier molecular flexibility index (Phi) is 152. The van der Waals surface area contributed by atoms with Crippen LogP contribution in [0.15, 0.2) is 0 Å². The number of hydrogen-bond donors (Lipinski definition) is 0. The summed E-state index contributed by atoms with van der Waals surface area (Å²) < 4.78 is 8.33. The van der Waals surface area contributed by atoms with Gasteiger partial charge < -0.3 is 0 Å². The van der Waals surface area contributed by atoms with Crippen LogP contribution in [0.2, 0.25) is 0 Å². The summed E-state index contributed by atoms with van der Waals surface area (Å²) in [5.74, 6) is 0. The molecule has 0 aliphatic carbocycles. The Bertz CT molecular complexity index is 11.6. The normalized spacial score (nSPS) is 0.800. The van der Waals surface area contributed by atoms with Crippen molar-refractivity contribution in [2.45, 2.75) is 0 Å². The van der Waals surface area contributed by atoms with E-state index in [0.29, 0.717) is 19.8 Å². The van der Waals surface area contributed by atoms with Crippen molar-refractivity contribution in [1.82, 2.24) is 0 Å². The molecule has 0 saturated carbocycles. The van der Waals surface area contributed by atoms with Crippen molar-refractivity contribution in [1.29, 1.82) is 0 Å². The van der Waals surface area contributed by atoms with Crippen LogP contribution >= 0.6 is 0 Å². The smallest absolute Gasteiger partial charge is 0 e. The number of rotatable bonds is 0. The van der Waals surface area contributed by atoms with Crippen LogP contribution in [0, 0.1) is 0 Å². The Hall–Kier alpha value is 2.67. The summed E-state index contributed by atoms with van der Waals surface area (Å²) in [6, 6.07) is 0. The molecule has 0 aliphatic heterocycles. The fourth-order valence-corrected chi connectivity index (χ4v) is 0. The van der Waals surface area contributed by atoms with E-state index in [4.69, 9.17) is 3.40 Å². The average Bonchev–Trinajstić information content (AvgIpc) is 1.00. The number of hydrogen-bond acceptors (Lipinski definition) is 1. The molecule has 5 heteroatoms. The molecule has 0 spiro atoms. The van der Waals surface area contributed by atoms with Gasteiger partial charge in [0.25, 0.3) is 0 Å². The molecule has 0 saturated heterocycles. The second kappa shape index (κ2) is 30.1. The maximum Gasteiger partial charge on any atom is 0 e. The second-order valence-corrected chi connectivity index (χ2v) is 0. The minimum absolute atomic E-state index is 0. The molecule has 0 unspecified atom stereocenters. The van der Waals surface area contributed by atoms with Gasteiger partial charge in [0.1, 0.15) is 0 Å². The Morgan fingerprint density at radius 3 is 1.20 bits per heavy atom. The van der Waals surface area contributed by atoms with E-state index in [1.165, 1.54) is 0 Å². The van der Waals surface area contributed by atoms with Crippen LogP contribution in [-0.4, -0.2) is 27.3 Å². The van der Waals surface area contributed by atoms with Crippen LogP contribution in [-0.2, 0) is 62.6 Å². The van der Waals surface area contributed by atoms with Crippen molar-refractivity contribution < 1.29 is 62.6 Å². The summed E-state index contributed by atoms with van der Waals surface area (Å²) >= 11 is 0.333. The van der Waals surface area contributed by atoms with Crippen molar-refractivity contribution in [3.8, 4) is 0 Å². The van der Waals surface area contributed by atoms with Gasteiger partial charge in [0.05, 0.1) is 0 Å². The maximum absolute atomic E-state index is 8.33. The zero-order valence-corrected chi connectivity index (χ0v) is 12.2. The van der Waals surface area contributed by atoms with Gasteiger partial charge in [-0.1, -0.05) is 0 Å². The zero-order chi connectivity index (χ0) is 2.00. The van der Waals surface area contributed by atoms with E-state index < -0.39 is 0 Å². The monoisotopic (exact) mass is 557 g/mol. The Balaban J connectivity index is -0.00000000167. The quantitative estimate of drug-likeness (QED) is 0.369. The van der Waals surface area contributed by atoms with Crippen LogP contribution in [0.4, 0.5) is 0 Å². The molecule has 0 aliphatic rings. The first-order valence-corrected chi connectivity index (χ1v) is 1.36. The molecular weight excluding hydrogens is 556 g/mol. The summed E-state index contributed by atoms with van der Waals surface area (Å²) in [5, 5.41) is 0. The van der Waals surface area contributed by atoms with E-state index >= 15 is 0 Å². The van der Waals surface area contributed by atoms with Gasteiger partial charge in [-0.3, -0.25) is 0 Å². The summed E-state index contributed by atoms with van der Waals surface area (Å²) in [6.07, 6.45) is 0. The fourth-order valence-electron chi connectivity index (χ4n) is 0. The van der Waals surface area contributed by atoms with Crippen LogP contribution < -0.4 is 0 Å². The molecule has 29 valence electrons. The topological polar surface area (TPSA) is 17.1 Å². The largest absolute Gasteiger partial charge is 0 e. The SMILES string of the molecule is [Fe].[Nb].[O]=[W].[Pb]. The molecule has 0 aromatic rings. The molecule has 0 aromatic heterocycles. The van der Waals surface area contributed by atoms with E-state index in [9.17, 15) is 0 Å². The van der Waals surface area contributed by atoms with Gasteiger partial charge in [0.2, 0.25) is 0 Å². The summed E-state index contributed by atoms with van der Waals surface area (Å²) in [4.78, 5) is 0. The average molecular weight is 556 g/mol. The van der Waals surface area contributed by atoms with Gasteiger partial charge >= 0.3 is 23.2 Å². The van der Waals surface area contributed by atoms with E-state index in [1.54, 1.807) is 0 Å². The van der Waals surface area contributed by atoms with Crippen molar-refractivity contribution >= 4 is 27.3 Å². The zero-order valence-electron chi connectivity index (χ0n) is 2.12. The molecule has 0 N–H and O–H groups in total. The van der Waals surface area contributed by atoms with Crippen molar-refractivity contribution in [2.75, 3.05) is 0 Å². The summed E-state index contributed by atoms with van der Waals surface area (Å²) in [7, 11) is 0. The van der Waals surface area contributed by atoms with Crippen molar-refractivity contribution in [3.63, 3.8) is 0 Å². The van der Waals surface area contributed by atoms with E-state index in [1.807, 2.05) is 0 Å². The molecule has 0 rings (SSSR count). The third-order valence-electron chi connectivity index (χ3n) is 0. The van der Waals surface area contributed by atoms with E-state index in [0.717, 1.165) is 0 Å². The standard InChI is InChI=1S/Fe.Nb.O.Pb.W. The third kappa shape index (κ3) is 20.4. The minimum atomic E-state index is 0. The fraction of sp³-hybridized carbons (Fsp3) is 0. The Morgan fingerprint density at radius 2 is 1.20 bits per heavy atom. The van der Waals surface area contributed by atoms with Gasteiger partial charge in [0.15, 0.2) is 0 Å². The molecule has 0 aromatic carbocycles. The van der Waals surface area contributed by atoms with Crippen LogP contribution in [0.3, 0.4) is 0 Å². The van der Waals surface area contributed by atoms with Crippen LogP contribution in [0.5, 0.6) is 0 Å². The molecule has 0 fully saturated rings. The molecule has 0 bridgehead atoms. The predicted molar refractivity (Wildman–Crippen MR) is 6.44 cm³/mol. The summed E-state index contributed by atoms with van der Waals surface area (Å²) in [5.41, 5.74) is 0. The molecule has 0 amide bonds. The van der Waals surface area contributed by atoms with Gasteiger partial charge in [0, 0.05) is 66.7 Å². The van der Waals surface area contributed by atoms with Crippen molar-refractivity contribution in [3.05, 3.63) is 0 Å². The van der Waals surface area contributed by atoms with Gasteiger partial charge in [-0.15, -0.1) is 0 Å². The van der Waals surface area contributed by atoms with Gasteiger partial charge in [-0.2, -0.15) is 0 Å².